The molecule has 3 N–H and O–H groups in total. The highest BCUT2D eigenvalue weighted by atomic mass is 16.6. The van der Waals surface area contributed by atoms with Crippen LogP contribution in [0, 0.1) is 6.92 Å². The fraction of sp³-hybridized carbons (Fsp3) is 0.444. The summed E-state index contributed by atoms with van der Waals surface area (Å²) in [7, 11) is 1.54. The summed E-state index contributed by atoms with van der Waals surface area (Å²) in [6, 6.07) is 9.17. The van der Waals surface area contributed by atoms with E-state index < -0.39 is 41.6 Å². The lowest BCUT2D eigenvalue weighted by Crippen LogP contribution is -2.53. The van der Waals surface area contributed by atoms with Gasteiger partial charge in [0.2, 0.25) is 5.91 Å². The second-order valence-corrected chi connectivity index (χ2v) is 9.84. The number of amides is 3. The summed E-state index contributed by atoms with van der Waals surface area (Å²) in [5.41, 5.74) is 0.589. The largest absolute Gasteiger partial charge is 0.507 e. The minimum Gasteiger partial charge on any atom is -0.507 e. The lowest BCUT2D eigenvalue weighted by molar-refractivity contribution is -0.142. The van der Waals surface area contributed by atoms with Crippen molar-refractivity contribution in [3.05, 3.63) is 53.6 Å². The number of anilines is 1. The van der Waals surface area contributed by atoms with Crippen LogP contribution in [0.15, 0.2) is 42.5 Å². The van der Waals surface area contributed by atoms with Gasteiger partial charge in [-0.3, -0.25) is 9.59 Å². The minimum atomic E-state index is -1.18. The van der Waals surface area contributed by atoms with Gasteiger partial charge in [0.1, 0.15) is 29.2 Å². The molecule has 0 aliphatic rings. The number of aryl methyl sites for hydroxylation is 1. The first-order valence-corrected chi connectivity index (χ1v) is 11.8. The molecule has 9 heteroatoms. The van der Waals surface area contributed by atoms with E-state index in [0.717, 1.165) is 0 Å². The van der Waals surface area contributed by atoms with Crippen molar-refractivity contribution in [1.29, 1.82) is 0 Å². The molecule has 36 heavy (non-hydrogen) atoms. The Morgan fingerprint density at radius 2 is 1.61 bits per heavy atom. The molecule has 2 unspecified atom stereocenters. The predicted octanol–water partition coefficient (Wildman–Crippen LogP) is 4.54. The van der Waals surface area contributed by atoms with Crippen LogP contribution in [-0.4, -0.2) is 52.7 Å². The number of hydrogen-bond donors (Lipinski definition) is 3. The minimum absolute atomic E-state index is 0.0846. The molecular formula is C27H37N3O6. The van der Waals surface area contributed by atoms with E-state index in [-0.39, 0.29) is 11.3 Å². The highest BCUT2D eigenvalue weighted by molar-refractivity contribution is 5.99. The van der Waals surface area contributed by atoms with E-state index in [1.807, 2.05) is 0 Å². The van der Waals surface area contributed by atoms with Crippen molar-refractivity contribution in [3.8, 4) is 11.5 Å². The third kappa shape index (κ3) is 7.37. The molecule has 2 aromatic rings. The molecule has 196 valence electrons. The molecule has 0 bridgehead atoms. The monoisotopic (exact) mass is 499 g/mol. The molecule has 0 spiro atoms. The maximum Gasteiger partial charge on any atom is 0.408 e. The number of phenolic OH excluding ortho intramolecular Hbond substituents is 1. The molecule has 0 heterocycles. The van der Waals surface area contributed by atoms with Gasteiger partial charge in [0, 0.05) is 17.3 Å². The predicted molar refractivity (Wildman–Crippen MR) is 138 cm³/mol. The van der Waals surface area contributed by atoms with Crippen molar-refractivity contribution < 1.29 is 29.0 Å². The van der Waals surface area contributed by atoms with Crippen molar-refractivity contribution in [2.24, 2.45) is 0 Å². The number of alkyl carbamates (subject to hydrolysis) is 1. The first-order valence-electron chi connectivity index (χ1n) is 11.8. The van der Waals surface area contributed by atoms with Crippen LogP contribution in [0.4, 0.5) is 10.5 Å². The summed E-state index contributed by atoms with van der Waals surface area (Å²) in [5.74, 6) is -0.486. The Morgan fingerprint density at radius 3 is 2.14 bits per heavy atom. The van der Waals surface area contributed by atoms with E-state index in [4.69, 9.17) is 9.47 Å². The summed E-state index contributed by atoms with van der Waals surface area (Å²) in [4.78, 5) is 40.9. The van der Waals surface area contributed by atoms with E-state index in [1.54, 1.807) is 91.1 Å². The molecule has 0 aliphatic carbocycles. The Labute approximate surface area is 212 Å². The maximum absolute atomic E-state index is 13.7. The third-order valence-corrected chi connectivity index (χ3v) is 5.36. The number of aromatic hydroxyl groups is 1. The summed E-state index contributed by atoms with van der Waals surface area (Å²) >= 11 is 0. The van der Waals surface area contributed by atoms with Gasteiger partial charge in [-0.25, -0.2) is 4.79 Å². The lowest BCUT2D eigenvalue weighted by Gasteiger charge is -2.36. The molecule has 9 nitrogen and oxygen atoms in total. The van der Waals surface area contributed by atoms with E-state index in [1.165, 1.54) is 11.8 Å². The summed E-state index contributed by atoms with van der Waals surface area (Å²) in [5, 5.41) is 16.2. The first-order chi connectivity index (χ1) is 16.7. The second kappa shape index (κ2) is 11.8. The van der Waals surface area contributed by atoms with Crippen molar-refractivity contribution in [1.82, 2.24) is 10.2 Å². The van der Waals surface area contributed by atoms with Gasteiger partial charge in [-0.15, -0.1) is 0 Å². The van der Waals surface area contributed by atoms with Gasteiger partial charge in [-0.05, 0) is 78.3 Å². The zero-order valence-corrected chi connectivity index (χ0v) is 22.2. The molecule has 2 aromatic carbocycles. The number of rotatable bonds is 8. The average Bonchev–Trinajstić information content (AvgIpc) is 2.78. The topological polar surface area (TPSA) is 117 Å². The van der Waals surface area contributed by atoms with Crippen LogP contribution < -0.4 is 15.4 Å². The number of benzene rings is 2. The van der Waals surface area contributed by atoms with Gasteiger partial charge in [0.05, 0.1) is 7.11 Å². The number of carbonyl (C=O) groups excluding carboxylic acids is 3. The van der Waals surface area contributed by atoms with Crippen LogP contribution in [0.5, 0.6) is 11.5 Å². The average molecular weight is 500 g/mol. The zero-order chi connectivity index (χ0) is 27.2. The Balaban J connectivity index is 2.46. The van der Waals surface area contributed by atoms with E-state index in [2.05, 4.69) is 10.6 Å². The third-order valence-electron chi connectivity index (χ3n) is 5.36. The van der Waals surface area contributed by atoms with Crippen LogP contribution in [0.2, 0.25) is 0 Å². The second-order valence-electron chi connectivity index (χ2n) is 9.84. The van der Waals surface area contributed by atoms with Crippen LogP contribution in [0.1, 0.15) is 58.7 Å². The fourth-order valence-corrected chi connectivity index (χ4v) is 3.65. The quantitative estimate of drug-likeness (QED) is 0.491. The number of ether oxygens (including phenoxy) is 2. The normalized spacial score (nSPS) is 12.9. The molecule has 2 atom stereocenters. The van der Waals surface area contributed by atoms with Gasteiger partial charge in [0.15, 0.2) is 0 Å². The lowest BCUT2D eigenvalue weighted by atomic mass is 9.98. The molecule has 0 aromatic heterocycles. The molecular weight excluding hydrogens is 462 g/mol. The summed E-state index contributed by atoms with van der Waals surface area (Å²) in [6.45, 7) is 11.9. The highest BCUT2D eigenvalue weighted by Gasteiger charge is 2.38. The molecule has 2 rings (SSSR count). The fourth-order valence-electron chi connectivity index (χ4n) is 3.65. The van der Waals surface area contributed by atoms with E-state index in [9.17, 15) is 19.5 Å². The summed E-state index contributed by atoms with van der Waals surface area (Å²) in [6.07, 6.45) is -0.746. The number of hydrogen-bond acceptors (Lipinski definition) is 6. The van der Waals surface area contributed by atoms with Gasteiger partial charge in [-0.1, -0.05) is 18.2 Å². The van der Waals surface area contributed by atoms with Crippen LogP contribution in [0.3, 0.4) is 0 Å². The van der Waals surface area contributed by atoms with Crippen molar-refractivity contribution in [3.63, 3.8) is 0 Å². The van der Waals surface area contributed by atoms with Crippen molar-refractivity contribution >= 4 is 23.6 Å². The summed E-state index contributed by atoms with van der Waals surface area (Å²) < 4.78 is 10.4. The Hall–Kier alpha value is -3.75. The number of phenols is 1. The van der Waals surface area contributed by atoms with Gasteiger partial charge in [-0.2, -0.15) is 0 Å². The van der Waals surface area contributed by atoms with Gasteiger partial charge >= 0.3 is 6.09 Å². The number of para-hydroxylation sites is 1. The number of nitrogens with zero attached hydrogens (tertiary/aromatic N) is 1. The molecule has 0 fully saturated rings. The number of methoxy groups -OCH3 is 1. The smallest absolute Gasteiger partial charge is 0.408 e. The van der Waals surface area contributed by atoms with Crippen molar-refractivity contribution in [2.45, 2.75) is 72.2 Å². The Bertz CT molecular complexity index is 1080. The van der Waals surface area contributed by atoms with Gasteiger partial charge in [0.25, 0.3) is 5.91 Å². The van der Waals surface area contributed by atoms with Crippen molar-refractivity contribution in [2.75, 3.05) is 12.4 Å². The molecule has 0 radical (unpaired) electrons. The number of nitrogens with one attached hydrogen (secondary N) is 2. The molecule has 0 aliphatic heterocycles. The number of carbonyl (C=O) groups is 3. The molecule has 0 saturated carbocycles. The Morgan fingerprint density at radius 1 is 1.00 bits per heavy atom. The SMILES string of the molecule is COc1ccc(NC(=O)C(c2cccc(C)c2O)N(C(=O)C(C)NC(=O)OC(C)(C)C)C(C)C)cc1. The van der Waals surface area contributed by atoms with Crippen LogP contribution in [-0.2, 0) is 14.3 Å². The van der Waals surface area contributed by atoms with Crippen LogP contribution >= 0.6 is 0 Å². The molecule has 0 saturated heterocycles. The van der Waals surface area contributed by atoms with Gasteiger partial charge < -0.3 is 30.1 Å². The zero-order valence-electron chi connectivity index (χ0n) is 22.2. The maximum atomic E-state index is 13.7. The van der Waals surface area contributed by atoms with E-state index >= 15 is 0 Å². The first kappa shape index (κ1) is 28.5. The molecule has 3 amide bonds. The standard InChI is InChI=1S/C27H37N3O6/c1-16(2)30(25(33)18(4)28-26(34)36-27(5,6)7)22(21-11-9-10-17(3)23(21)31)24(32)29-19-12-14-20(35-8)15-13-19/h9-16,18,22,31H,1-8H3,(H,28,34)(H,29,32). The van der Waals surface area contributed by atoms with Crippen LogP contribution in [0.25, 0.3) is 0 Å². The highest BCUT2D eigenvalue weighted by Crippen LogP contribution is 2.34. The Kier molecular flexibility index (Phi) is 9.33. The van der Waals surface area contributed by atoms with E-state index in [0.29, 0.717) is 17.0 Å².